The Hall–Kier alpha value is -3.24. The highest BCUT2D eigenvalue weighted by Crippen LogP contribution is 2.36. The molecule has 3 aromatic rings. The molecule has 7 heteroatoms. The molecule has 33 heavy (non-hydrogen) atoms. The van der Waals surface area contributed by atoms with Crippen molar-refractivity contribution in [2.45, 2.75) is 24.4 Å². The Morgan fingerprint density at radius 2 is 1.76 bits per heavy atom. The summed E-state index contributed by atoms with van der Waals surface area (Å²) in [7, 11) is 3.21. The van der Waals surface area contributed by atoms with Gasteiger partial charge in [-0.15, -0.1) is 0 Å². The van der Waals surface area contributed by atoms with E-state index in [-0.39, 0.29) is 0 Å². The molecule has 0 atom stereocenters. The van der Waals surface area contributed by atoms with Crippen LogP contribution in [0.3, 0.4) is 0 Å². The summed E-state index contributed by atoms with van der Waals surface area (Å²) in [6.07, 6.45) is 5.19. The smallest absolute Gasteiger partial charge is 0.189 e. The number of nitriles is 1. The maximum atomic E-state index is 10.1. The largest absolute Gasteiger partial charge is 0.493 e. The zero-order valence-corrected chi connectivity index (χ0v) is 20.1. The number of thioether (sulfide) groups is 1. The lowest BCUT2D eigenvalue weighted by Crippen LogP contribution is -2.35. The predicted molar refractivity (Wildman–Crippen MR) is 132 cm³/mol. The molecule has 2 aromatic carbocycles. The zero-order chi connectivity index (χ0) is 23.2. The molecule has 1 aliphatic heterocycles. The number of hydrogen-bond donors (Lipinski definition) is 0. The molecule has 0 spiro atoms. The summed E-state index contributed by atoms with van der Waals surface area (Å²) < 4.78 is 10.8. The fourth-order valence-corrected chi connectivity index (χ4v) is 4.70. The Balaban J connectivity index is 1.62. The SMILES string of the molecule is COc1ccc(-c2nc(SC)nc(N3CCC(Cc4ccccc4)CC3)c2C#N)cc1OC. The van der Waals surface area contributed by atoms with Gasteiger partial charge in [0.15, 0.2) is 22.5 Å². The van der Waals surface area contributed by atoms with E-state index in [4.69, 9.17) is 19.4 Å². The summed E-state index contributed by atoms with van der Waals surface area (Å²) in [6.45, 7) is 1.75. The third kappa shape index (κ3) is 5.07. The van der Waals surface area contributed by atoms with Crippen LogP contribution in [0.15, 0.2) is 53.7 Å². The summed E-state index contributed by atoms with van der Waals surface area (Å²) in [6, 6.07) is 18.6. The van der Waals surface area contributed by atoms with Gasteiger partial charge in [-0.2, -0.15) is 5.26 Å². The molecule has 1 saturated heterocycles. The minimum absolute atomic E-state index is 0.501. The summed E-state index contributed by atoms with van der Waals surface area (Å²) in [4.78, 5) is 11.7. The van der Waals surface area contributed by atoms with E-state index < -0.39 is 0 Å². The fraction of sp³-hybridized carbons (Fsp3) is 0.346. The number of nitrogens with zero attached hydrogens (tertiary/aromatic N) is 4. The Morgan fingerprint density at radius 1 is 1.03 bits per heavy atom. The van der Waals surface area contributed by atoms with Crippen LogP contribution in [0.4, 0.5) is 5.82 Å². The third-order valence-corrected chi connectivity index (χ3v) is 6.65. The minimum Gasteiger partial charge on any atom is -0.493 e. The summed E-state index contributed by atoms with van der Waals surface area (Å²) in [5.41, 5.74) is 3.32. The summed E-state index contributed by atoms with van der Waals surface area (Å²) in [5.74, 6) is 2.60. The number of aromatic nitrogens is 2. The van der Waals surface area contributed by atoms with Crippen molar-refractivity contribution in [3.05, 3.63) is 59.7 Å². The number of rotatable bonds is 7. The van der Waals surface area contributed by atoms with E-state index in [1.54, 1.807) is 14.2 Å². The van der Waals surface area contributed by atoms with Crippen LogP contribution in [0.25, 0.3) is 11.3 Å². The summed E-state index contributed by atoms with van der Waals surface area (Å²) >= 11 is 1.48. The molecule has 4 rings (SSSR count). The van der Waals surface area contributed by atoms with Gasteiger partial charge in [0.1, 0.15) is 11.6 Å². The maximum Gasteiger partial charge on any atom is 0.189 e. The molecule has 1 fully saturated rings. The van der Waals surface area contributed by atoms with Gasteiger partial charge >= 0.3 is 0 Å². The molecular weight excluding hydrogens is 432 g/mol. The van der Waals surface area contributed by atoms with Gasteiger partial charge in [-0.3, -0.25) is 0 Å². The Labute approximate surface area is 199 Å². The van der Waals surface area contributed by atoms with Gasteiger partial charge in [-0.25, -0.2) is 9.97 Å². The van der Waals surface area contributed by atoms with Gasteiger partial charge in [0.25, 0.3) is 0 Å². The van der Waals surface area contributed by atoms with Crippen LogP contribution in [0.1, 0.15) is 24.0 Å². The van der Waals surface area contributed by atoms with Crippen LogP contribution in [0.5, 0.6) is 11.5 Å². The maximum absolute atomic E-state index is 10.1. The Kier molecular flexibility index (Phi) is 7.36. The average molecular weight is 461 g/mol. The molecule has 0 radical (unpaired) electrons. The number of ether oxygens (including phenoxy) is 2. The molecule has 1 aliphatic rings. The van der Waals surface area contributed by atoms with Crippen LogP contribution in [0, 0.1) is 17.2 Å². The van der Waals surface area contributed by atoms with E-state index in [1.807, 2.05) is 24.5 Å². The first-order chi connectivity index (χ1) is 16.2. The molecule has 6 nitrogen and oxygen atoms in total. The quantitative estimate of drug-likeness (QED) is 0.354. The topological polar surface area (TPSA) is 71.3 Å². The van der Waals surface area contributed by atoms with Crippen LogP contribution in [0.2, 0.25) is 0 Å². The van der Waals surface area contributed by atoms with Crippen molar-refractivity contribution in [3.63, 3.8) is 0 Å². The number of methoxy groups -OCH3 is 2. The monoisotopic (exact) mass is 460 g/mol. The van der Waals surface area contributed by atoms with Gasteiger partial charge in [-0.1, -0.05) is 42.1 Å². The second-order valence-electron chi connectivity index (χ2n) is 8.06. The summed E-state index contributed by atoms with van der Waals surface area (Å²) in [5, 5.41) is 10.8. The highest BCUT2D eigenvalue weighted by molar-refractivity contribution is 7.98. The van der Waals surface area contributed by atoms with E-state index in [2.05, 4.69) is 41.3 Å². The van der Waals surface area contributed by atoms with E-state index in [0.29, 0.717) is 33.8 Å². The number of anilines is 1. The molecule has 0 aliphatic carbocycles. The van der Waals surface area contributed by atoms with Gasteiger partial charge < -0.3 is 14.4 Å². The van der Waals surface area contributed by atoms with E-state index >= 15 is 0 Å². The molecule has 2 heterocycles. The van der Waals surface area contributed by atoms with Gasteiger partial charge in [0.05, 0.1) is 19.9 Å². The molecule has 1 aromatic heterocycles. The van der Waals surface area contributed by atoms with E-state index in [1.165, 1.54) is 17.3 Å². The zero-order valence-electron chi connectivity index (χ0n) is 19.2. The predicted octanol–water partition coefficient (Wildman–Crippen LogP) is 5.21. The first kappa shape index (κ1) is 22.9. The van der Waals surface area contributed by atoms with Crippen molar-refractivity contribution < 1.29 is 9.47 Å². The highest BCUT2D eigenvalue weighted by Gasteiger charge is 2.26. The molecule has 170 valence electrons. The Bertz CT molecular complexity index is 1140. The first-order valence-corrected chi connectivity index (χ1v) is 12.3. The standard InChI is InChI=1S/C26H28N4O2S/c1-31-22-10-9-20(16-23(22)32-2)24-21(17-27)25(29-26(28-24)33-3)30-13-11-19(12-14-30)15-18-7-5-4-6-8-18/h4-10,16,19H,11-15H2,1-3H3. The Morgan fingerprint density at radius 3 is 2.39 bits per heavy atom. The third-order valence-electron chi connectivity index (χ3n) is 6.10. The first-order valence-electron chi connectivity index (χ1n) is 11.0. The fourth-order valence-electron chi connectivity index (χ4n) is 4.34. The number of piperidine rings is 1. The van der Waals surface area contributed by atoms with Crippen molar-refractivity contribution in [2.75, 3.05) is 38.5 Å². The van der Waals surface area contributed by atoms with Crippen LogP contribution in [-0.2, 0) is 6.42 Å². The second kappa shape index (κ2) is 10.6. The van der Waals surface area contributed by atoms with Gasteiger partial charge in [0.2, 0.25) is 0 Å². The van der Waals surface area contributed by atoms with Crippen molar-refractivity contribution >= 4 is 17.6 Å². The molecule has 0 bridgehead atoms. The molecule has 0 N–H and O–H groups in total. The lowest BCUT2D eigenvalue weighted by Gasteiger charge is -2.33. The lowest BCUT2D eigenvalue weighted by molar-refractivity contribution is 0.355. The van der Waals surface area contributed by atoms with E-state index in [0.717, 1.165) is 43.7 Å². The van der Waals surface area contributed by atoms with Crippen molar-refractivity contribution in [3.8, 4) is 28.8 Å². The van der Waals surface area contributed by atoms with Crippen LogP contribution in [-0.4, -0.2) is 43.5 Å². The highest BCUT2D eigenvalue weighted by atomic mass is 32.2. The average Bonchev–Trinajstić information content (AvgIpc) is 2.88. The number of benzene rings is 2. The minimum atomic E-state index is 0.501. The molecular formula is C26H28N4O2S. The molecule has 0 unspecified atom stereocenters. The number of hydrogen-bond acceptors (Lipinski definition) is 7. The van der Waals surface area contributed by atoms with Crippen molar-refractivity contribution in [1.82, 2.24) is 9.97 Å². The second-order valence-corrected chi connectivity index (χ2v) is 8.83. The van der Waals surface area contributed by atoms with Crippen LogP contribution >= 0.6 is 11.8 Å². The van der Waals surface area contributed by atoms with Gasteiger partial charge in [0, 0.05) is 18.7 Å². The molecule has 0 saturated carbocycles. The van der Waals surface area contributed by atoms with Crippen molar-refractivity contribution in [1.29, 1.82) is 5.26 Å². The lowest BCUT2D eigenvalue weighted by atomic mass is 9.90. The normalized spacial score (nSPS) is 14.1. The molecule has 0 amide bonds. The van der Waals surface area contributed by atoms with Crippen LogP contribution < -0.4 is 14.4 Å². The van der Waals surface area contributed by atoms with E-state index in [9.17, 15) is 5.26 Å². The van der Waals surface area contributed by atoms with Gasteiger partial charge in [-0.05, 0) is 55.2 Å². The van der Waals surface area contributed by atoms with Crippen molar-refractivity contribution in [2.24, 2.45) is 5.92 Å².